The van der Waals surface area contributed by atoms with E-state index < -0.39 is 0 Å². The van der Waals surface area contributed by atoms with Crippen LogP contribution in [0.25, 0.3) is 16.7 Å². The molecule has 4 aromatic rings. The number of thioether (sulfide) groups is 1. The first-order valence-electron chi connectivity index (χ1n) is 8.54. The van der Waals surface area contributed by atoms with Gasteiger partial charge < -0.3 is 0 Å². The quantitative estimate of drug-likeness (QED) is 0.425. The predicted octanol–water partition coefficient (Wildman–Crippen LogP) is 5.05. The minimum Gasteiger partial charge on any atom is -0.276 e. The Hall–Kier alpha value is -2.02. The van der Waals surface area contributed by atoms with Gasteiger partial charge in [-0.2, -0.15) is 0 Å². The van der Waals surface area contributed by atoms with Crippen molar-refractivity contribution in [3.8, 4) is 0 Å². The zero-order valence-electron chi connectivity index (χ0n) is 14.5. The van der Waals surface area contributed by atoms with Crippen molar-refractivity contribution in [1.29, 1.82) is 0 Å². The van der Waals surface area contributed by atoms with Crippen molar-refractivity contribution in [2.45, 2.75) is 30.8 Å². The van der Waals surface area contributed by atoms with Crippen LogP contribution in [0.3, 0.4) is 0 Å². The fraction of sp³-hybridized carbons (Fsp3) is 0.211. The molecule has 0 saturated carbocycles. The van der Waals surface area contributed by atoms with Gasteiger partial charge in [0, 0.05) is 22.3 Å². The molecule has 0 atom stereocenters. The van der Waals surface area contributed by atoms with Gasteiger partial charge in [-0.1, -0.05) is 60.1 Å². The molecule has 2 aromatic carbocycles. The Morgan fingerprint density at radius 1 is 1.04 bits per heavy atom. The van der Waals surface area contributed by atoms with E-state index in [0.717, 1.165) is 17.5 Å². The van der Waals surface area contributed by atoms with E-state index in [9.17, 15) is 4.79 Å². The maximum absolute atomic E-state index is 12.9. The van der Waals surface area contributed by atoms with Gasteiger partial charge in [0.25, 0.3) is 5.56 Å². The van der Waals surface area contributed by atoms with Gasteiger partial charge in [0.05, 0.1) is 10.9 Å². The van der Waals surface area contributed by atoms with Crippen LogP contribution in [0, 0.1) is 0 Å². The highest BCUT2D eigenvalue weighted by atomic mass is 35.5. The Morgan fingerprint density at radius 3 is 2.52 bits per heavy atom. The topological polar surface area (TPSA) is 52.2 Å². The minimum atomic E-state index is -0.0435. The Kier molecular flexibility index (Phi) is 5.12. The number of halogens is 2. The molecule has 27 heavy (non-hydrogen) atoms. The van der Waals surface area contributed by atoms with Crippen molar-refractivity contribution < 1.29 is 0 Å². The summed E-state index contributed by atoms with van der Waals surface area (Å²) < 4.78 is 3.61. The van der Waals surface area contributed by atoms with Gasteiger partial charge in [-0.05, 0) is 36.2 Å². The highest BCUT2D eigenvalue weighted by molar-refractivity contribution is 7.98. The number of nitrogens with zero attached hydrogens (tertiary/aromatic N) is 4. The Morgan fingerprint density at radius 2 is 1.78 bits per heavy atom. The number of fused-ring (bicyclic) bond motifs is 3. The third-order valence-electron chi connectivity index (χ3n) is 4.33. The molecule has 138 valence electrons. The van der Waals surface area contributed by atoms with Crippen LogP contribution in [0.1, 0.15) is 18.9 Å². The average molecular weight is 419 g/mol. The lowest BCUT2D eigenvalue weighted by Gasteiger charge is -2.10. The molecule has 2 aromatic heterocycles. The number of para-hydroxylation sites is 1. The molecule has 2 heterocycles. The maximum atomic E-state index is 12.9. The van der Waals surface area contributed by atoms with Crippen LogP contribution in [0.5, 0.6) is 0 Å². The molecule has 0 saturated heterocycles. The summed E-state index contributed by atoms with van der Waals surface area (Å²) in [4.78, 5) is 12.9. The predicted molar refractivity (Wildman–Crippen MR) is 111 cm³/mol. The third-order valence-corrected chi connectivity index (χ3v) is 6.00. The first kappa shape index (κ1) is 18.3. The van der Waals surface area contributed by atoms with Crippen molar-refractivity contribution in [2.24, 2.45) is 0 Å². The maximum Gasteiger partial charge on any atom is 0.262 e. The fourth-order valence-corrected chi connectivity index (χ4v) is 4.74. The molecular weight excluding hydrogens is 403 g/mol. The Labute approximate surface area is 169 Å². The first-order valence-corrected chi connectivity index (χ1v) is 10.3. The van der Waals surface area contributed by atoms with Crippen LogP contribution >= 0.6 is 35.0 Å². The molecule has 0 aliphatic heterocycles. The van der Waals surface area contributed by atoms with Crippen molar-refractivity contribution in [3.05, 3.63) is 68.4 Å². The Bertz CT molecular complexity index is 1180. The highest BCUT2D eigenvalue weighted by Gasteiger charge is 2.17. The second kappa shape index (κ2) is 7.54. The van der Waals surface area contributed by atoms with E-state index in [4.69, 9.17) is 23.2 Å². The second-order valence-electron chi connectivity index (χ2n) is 6.08. The zero-order valence-corrected chi connectivity index (χ0v) is 16.9. The summed E-state index contributed by atoms with van der Waals surface area (Å²) in [7, 11) is 0. The molecule has 0 aliphatic rings. The van der Waals surface area contributed by atoms with Crippen molar-refractivity contribution in [1.82, 2.24) is 19.2 Å². The largest absolute Gasteiger partial charge is 0.276 e. The monoisotopic (exact) mass is 418 g/mol. The summed E-state index contributed by atoms with van der Waals surface area (Å²) in [6, 6.07) is 13.0. The molecule has 4 rings (SSSR count). The number of benzene rings is 2. The number of hydrogen-bond donors (Lipinski definition) is 0. The van der Waals surface area contributed by atoms with Crippen molar-refractivity contribution >= 4 is 51.6 Å². The molecule has 8 heteroatoms. The molecule has 0 unspecified atom stereocenters. The average Bonchev–Trinajstić information content (AvgIpc) is 3.09. The highest BCUT2D eigenvalue weighted by Crippen LogP contribution is 2.31. The number of aryl methyl sites for hydroxylation is 1. The minimum absolute atomic E-state index is 0.0435. The van der Waals surface area contributed by atoms with E-state index >= 15 is 0 Å². The van der Waals surface area contributed by atoms with Crippen molar-refractivity contribution in [3.63, 3.8) is 0 Å². The standard InChI is InChI=1S/C19H16Cl2N4OS/c1-2-10-24-17(26)12-6-3-4-9-16(12)25-18(24)22-23-19(25)27-11-13-14(20)7-5-8-15(13)21/h3-9H,2,10-11H2,1H3. The molecule has 5 nitrogen and oxygen atoms in total. The lowest BCUT2D eigenvalue weighted by atomic mass is 10.2. The molecule has 0 aliphatic carbocycles. The van der Waals surface area contributed by atoms with Crippen LogP contribution in [-0.2, 0) is 12.3 Å². The third kappa shape index (κ3) is 3.22. The van der Waals surface area contributed by atoms with E-state index in [1.807, 2.05) is 53.8 Å². The van der Waals surface area contributed by atoms with Gasteiger partial charge in [-0.25, -0.2) is 0 Å². The van der Waals surface area contributed by atoms with Crippen LogP contribution in [0.4, 0.5) is 0 Å². The molecular formula is C19H16Cl2N4OS. The summed E-state index contributed by atoms with van der Waals surface area (Å²) in [5.74, 6) is 1.11. The van der Waals surface area contributed by atoms with Crippen molar-refractivity contribution in [2.75, 3.05) is 0 Å². The summed E-state index contributed by atoms with van der Waals surface area (Å²) in [6.45, 7) is 2.62. The summed E-state index contributed by atoms with van der Waals surface area (Å²) >= 11 is 14.1. The first-order chi connectivity index (χ1) is 13.1. The lowest BCUT2D eigenvalue weighted by molar-refractivity contribution is 0.662. The molecule has 0 spiro atoms. The van der Waals surface area contributed by atoms with Gasteiger partial charge in [0.15, 0.2) is 5.16 Å². The molecule has 0 amide bonds. The summed E-state index contributed by atoms with van der Waals surface area (Å²) in [6.07, 6.45) is 0.832. The van der Waals surface area contributed by atoms with Crippen LogP contribution in [0.2, 0.25) is 10.0 Å². The van der Waals surface area contributed by atoms with Gasteiger partial charge in [0.2, 0.25) is 5.78 Å². The molecule has 0 radical (unpaired) electrons. The van der Waals surface area contributed by atoms with Gasteiger partial charge in [0.1, 0.15) is 0 Å². The van der Waals surface area contributed by atoms with Gasteiger partial charge in [-0.3, -0.25) is 13.8 Å². The van der Waals surface area contributed by atoms with Gasteiger partial charge >= 0.3 is 0 Å². The van der Waals surface area contributed by atoms with E-state index in [-0.39, 0.29) is 5.56 Å². The fourth-order valence-electron chi connectivity index (χ4n) is 3.06. The van der Waals surface area contributed by atoms with Gasteiger partial charge in [-0.15, -0.1) is 10.2 Å². The molecule has 0 N–H and O–H groups in total. The van der Waals surface area contributed by atoms with E-state index in [1.165, 1.54) is 11.8 Å². The smallest absolute Gasteiger partial charge is 0.262 e. The Balaban J connectivity index is 1.86. The molecule has 0 fully saturated rings. The summed E-state index contributed by atoms with van der Waals surface area (Å²) in [5.41, 5.74) is 1.61. The normalized spacial score (nSPS) is 11.5. The zero-order chi connectivity index (χ0) is 19.0. The number of rotatable bonds is 5. The SMILES string of the molecule is CCCn1c(=O)c2ccccc2n2c(SCc3c(Cl)cccc3Cl)nnc12. The van der Waals surface area contributed by atoms with Crippen LogP contribution in [0.15, 0.2) is 52.4 Å². The van der Waals surface area contributed by atoms with E-state index in [1.54, 1.807) is 4.57 Å². The van der Waals surface area contributed by atoms with Crippen LogP contribution in [-0.4, -0.2) is 19.2 Å². The molecule has 0 bridgehead atoms. The number of aromatic nitrogens is 4. The number of hydrogen-bond acceptors (Lipinski definition) is 4. The lowest BCUT2D eigenvalue weighted by Crippen LogP contribution is -2.23. The van der Waals surface area contributed by atoms with E-state index in [0.29, 0.717) is 38.7 Å². The summed E-state index contributed by atoms with van der Waals surface area (Å²) in [5, 5.41) is 11.2. The van der Waals surface area contributed by atoms with Crippen LogP contribution < -0.4 is 5.56 Å². The second-order valence-corrected chi connectivity index (χ2v) is 7.84. The van der Waals surface area contributed by atoms with E-state index in [2.05, 4.69) is 10.2 Å².